The van der Waals surface area contributed by atoms with Gasteiger partial charge in [-0.15, -0.1) is 0 Å². The number of carbonyl (C=O) groups excluding carboxylic acids is 1. The minimum absolute atomic E-state index is 0.202. The molecule has 2 aromatic rings. The molecular formula is C19H23N3O3S. The number of carbonyl (C=O) groups is 1. The Kier molecular flexibility index (Phi) is 5.29. The maximum atomic E-state index is 12.7. The average molecular weight is 373 g/mol. The summed E-state index contributed by atoms with van der Waals surface area (Å²) in [7, 11) is -3.52. The molecular weight excluding hydrogens is 350 g/mol. The highest BCUT2D eigenvalue weighted by molar-refractivity contribution is 7.89. The van der Waals surface area contributed by atoms with Gasteiger partial charge in [0.15, 0.2) is 0 Å². The molecule has 0 aromatic heterocycles. The number of nitrogens with one attached hydrogen (secondary N) is 1. The fourth-order valence-corrected chi connectivity index (χ4v) is 4.32. The number of rotatable bonds is 3. The molecule has 0 aliphatic carbocycles. The summed E-state index contributed by atoms with van der Waals surface area (Å²) < 4.78 is 26.9. The van der Waals surface area contributed by atoms with E-state index in [9.17, 15) is 13.2 Å². The fourth-order valence-electron chi connectivity index (χ4n) is 2.90. The Hall–Kier alpha value is -2.38. The van der Waals surface area contributed by atoms with Crippen LogP contribution in [-0.4, -0.2) is 49.8 Å². The predicted molar refractivity (Wildman–Crippen MR) is 102 cm³/mol. The zero-order valence-corrected chi connectivity index (χ0v) is 15.8. The number of aryl methyl sites for hydroxylation is 2. The van der Waals surface area contributed by atoms with Gasteiger partial charge in [0, 0.05) is 31.9 Å². The Morgan fingerprint density at radius 1 is 0.923 bits per heavy atom. The van der Waals surface area contributed by atoms with Gasteiger partial charge in [-0.1, -0.05) is 35.9 Å². The standard InChI is InChI=1S/C19H23N3O3S/c1-15-7-9-17(10-8-15)26(24,25)22-13-11-21(12-14-22)19(23)20-18-6-4-3-5-16(18)2/h3-10H,11-14H2,1-2H3,(H,20,23). The van der Waals surface area contributed by atoms with Crippen LogP contribution in [0.1, 0.15) is 11.1 Å². The van der Waals surface area contributed by atoms with E-state index in [2.05, 4.69) is 5.32 Å². The van der Waals surface area contributed by atoms with E-state index in [4.69, 9.17) is 0 Å². The highest BCUT2D eigenvalue weighted by Gasteiger charge is 2.30. The maximum absolute atomic E-state index is 12.7. The van der Waals surface area contributed by atoms with Crippen molar-refractivity contribution < 1.29 is 13.2 Å². The molecule has 0 atom stereocenters. The third kappa shape index (κ3) is 3.89. The van der Waals surface area contributed by atoms with E-state index in [1.165, 1.54) is 4.31 Å². The highest BCUT2D eigenvalue weighted by atomic mass is 32.2. The lowest BCUT2D eigenvalue weighted by Crippen LogP contribution is -2.51. The molecule has 0 unspecified atom stereocenters. The van der Waals surface area contributed by atoms with Crippen molar-refractivity contribution in [2.24, 2.45) is 0 Å². The Morgan fingerprint density at radius 3 is 2.15 bits per heavy atom. The van der Waals surface area contributed by atoms with Gasteiger partial charge in [-0.05, 0) is 37.6 Å². The average Bonchev–Trinajstić information content (AvgIpc) is 2.64. The lowest BCUT2D eigenvalue weighted by Gasteiger charge is -2.34. The fraction of sp³-hybridized carbons (Fsp3) is 0.316. The number of hydrogen-bond donors (Lipinski definition) is 1. The first-order valence-electron chi connectivity index (χ1n) is 8.56. The van der Waals surface area contributed by atoms with Crippen molar-refractivity contribution in [3.8, 4) is 0 Å². The number of amides is 2. The SMILES string of the molecule is Cc1ccc(S(=O)(=O)N2CCN(C(=O)Nc3ccccc3C)CC2)cc1. The molecule has 26 heavy (non-hydrogen) atoms. The van der Waals surface area contributed by atoms with Gasteiger partial charge in [0.2, 0.25) is 10.0 Å². The van der Waals surface area contributed by atoms with Crippen molar-refractivity contribution in [2.45, 2.75) is 18.7 Å². The smallest absolute Gasteiger partial charge is 0.321 e. The van der Waals surface area contributed by atoms with Crippen molar-refractivity contribution in [1.82, 2.24) is 9.21 Å². The van der Waals surface area contributed by atoms with Crippen molar-refractivity contribution in [3.63, 3.8) is 0 Å². The van der Waals surface area contributed by atoms with Gasteiger partial charge in [0.1, 0.15) is 0 Å². The van der Waals surface area contributed by atoms with Crippen LogP contribution < -0.4 is 5.32 Å². The van der Waals surface area contributed by atoms with Crippen LogP contribution in [0, 0.1) is 13.8 Å². The van der Waals surface area contributed by atoms with Gasteiger partial charge in [-0.25, -0.2) is 13.2 Å². The number of nitrogens with zero attached hydrogens (tertiary/aromatic N) is 2. The topological polar surface area (TPSA) is 69.7 Å². The van der Waals surface area contributed by atoms with E-state index in [0.717, 1.165) is 16.8 Å². The summed E-state index contributed by atoms with van der Waals surface area (Å²) in [5, 5.41) is 2.89. The largest absolute Gasteiger partial charge is 0.322 e. The number of piperazine rings is 1. The summed E-state index contributed by atoms with van der Waals surface area (Å²) in [6.07, 6.45) is 0. The van der Waals surface area contributed by atoms with Crippen molar-refractivity contribution in [1.29, 1.82) is 0 Å². The van der Waals surface area contributed by atoms with Crippen LogP contribution in [0.3, 0.4) is 0 Å². The molecule has 1 N–H and O–H groups in total. The summed E-state index contributed by atoms with van der Waals surface area (Å²) in [5.41, 5.74) is 2.77. The van der Waals surface area contributed by atoms with Gasteiger partial charge in [0.05, 0.1) is 4.90 Å². The monoisotopic (exact) mass is 373 g/mol. The highest BCUT2D eigenvalue weighted by Crippen LogP contribution is 2.19. The Bertz CT molecular complexity index is 887. The number of sulfonamides is 1. The van der Waals surface area contributed by atoms with Gasteiger partial charge >= 0.3 is 6.03 Å². The van der Waals surface area contributed by atoms with Crippen LogP contribution >= 0.6 is 0 Å². The second kappa shape index (κ2) is 7.47. The van der Waals surface area contributed by atoms with Crippen LogP contribution in [0.5, 0.6) is 0 Å². The Balaban J connectivity index is 1.62. The zero-order chi connectivity index (χ0) is 18.7. The lowest BCUT2D eigenvalue weighted by atomic mass is 10.2. The van der Waals surface area contributed by atoms with Gasteiger partial charge in [-0.3, -0.25) is 0 Å². The second-order valence-corrected chi connectivity index (χ2v) is 8.39. The van der Waals surface area contributed by atoms with E-state index in [0.29, 0.717) is 18.0 Å². The van der Waals surface area contributed by atoms with Crippen molar-refractivity contribution in [3.05, 3.63) is 59.7 Å². The predicted octanol–water partition coefficient (Wildman–Crippen LogP) is 2.84. The normalized spacial score (nSPS) is 15.7. The molecule has 1 fully saturated rings. The molecule has 2 aromatic carbocycles. The molecule has 1 heterocycles. The summed E-state index contributed by atoms with van der Waals surface area (Å²) in [5.74, 6) is 0. The maximum Gasteiger partial charge on any atom is 0.321 e. The molecule has 1 aliphatic rings. The van der Waals surface area contributed by atoms with Crippen LogP contribution in [0.2, 0.25) is 0 Å². The van der Waals surface area contributed by atoms with E-state index in [1.807, 2.05) is 38.1 Å². The number of anilines is 1. The Morgan fingerprint density at radius 2 is 1.54 bits per heavy atom. The molecule has 6 nitrogen and oxygen atoms in total. The summed E-state index contributed by atoms with van der Waals surface area (Å²) in [4.78, 5) is 14.4. The summed E-state index contributed by atoms with van der Waals surface area (Å²) >= 11 is 0. The molecule has 1 saturated heterocycles. The second-order valence-electron chi connectivity index (χ2n) is 6.45. The number of hydrogen-bond acceptors (Lipinski definition) is 3. The van der Waals surface area contributed by atoms with Crippen molar-refractivity contribution >= 4 is 21.7 Å². The van der Waals surface area contributed by atoms with E-state index >= 15 is 0 Å². The molecule has 2 amide bonds. The van der Waals surface area contributed by atoms with E-state index in [-0.39, 0.29) is 19.1 Å². The Labute approximate surface area is 154 Å². The first kappa shape index (κ1) is 18.4. The molecule has 138 valence electrons. The molecule has 0 radical (unpaired) electrons. The minimum Gasteiger partial charge on any atom is -0.322 e. The first-order valence-corrected chi connectivity index (χ1v) is 10.0. The quantitative estimate of drug-likeness (QED) is 0.899. The van der Waals surface area contributed by atoms with Crippen LogP contribution in [0.15, 0.2) is 53.4 Å². The first-order chi connectivity index (χ1) is 12.4. The van der Waals surface area contributed by atoms with Crippen LogP contribution in [-0.2, 0) is 10.0 Å². The van der Waals surface area contributed by atoms with Gasteiger partial charge in [-0.2, -0.15) is 4.31 Å². The molecule has 1 aliphatic heterocycles. The van der Waals surface area contributed by atoms with Crippen molar-refractivity contribution in [2.75, 3.05) is 31.5 Å². The molecule has 0 bridgehead atoms. The number of benzene rings is 2. The minimum atomic E-state index is -3.52. The van der Waals surface area contributed by atoms with Crippen LogP contribution in [0.25, 0.3) is 0 Å². The van der Waals surface area contributed by atoms with Gasteiger partial charge in [0.25, 0.3) is 0 Å². The summed E-state index contributed by atoms with van der Waals surface area (Å²) in [6, 6.07) is 14.2. The number of urea groups is 1. The molecule has 0 saturated carbocycles. The zero-order valence-electron chi connectivity index (χ0n) is 15.0. The number of para-hydroxylation sites is 1. The summed E-state index contributed by atoms with van der Waals surface area (Å²) in [6.45, 7) is 5.16. The third-order valence-corrected chi connectivity index (χ3v) is 6.48. The van der Waals surface area contributed by atoms with Crippen LogP contribution in [0.4, 0.5) is 10.5 Å². The third-order valence-electron chi connectivity index (χ3n) is 4.57. The lowest BCUT2D eigenvalue weighted by molar-refractivity contribution is 0.184. The molecule has 7 heteroatoms. The molecule has 0 spiro atoms. The van der Waals surface area contributed by atoms with Gasteiger partial charge < -0.3 is 10.2 Å². The molecule has 3 rings (SSSR count). The van der Waals surface area contributed by atoms with E-state index in [1.54, 1.807) is 29.2 Å². The van der Waals surface area contributed by atoms with E-state index < -0.39 is 10.0 Å².